The molecule has 1 spiro atoms. The highest BCUT2D eigenvalue weighted by Crippen LogP contribution is 2.45. The molecule has 1 atom stereocenters. The van der Waals surface area contributed by atoms with Crippen LogP contribution in [0, 0.1) is 0 Å². The van der Waals surface area contributed by atoms with E-state index in [1.54, 1.807) is 0 Å². The van der Waals surface area contributed by atoms with E-state index < -0.39 is 0 Å². The first-order valence-corrected chi connectivity index (χ1v) is 13.4. The van der Waals surface area contributed by atoms with Crippen LogP contribution in [0.5, 0.6) is 5.75 Å². The molecule has 1 saturated heterocycles. The summed E-state index contributed by atoms with van der Waals surface area (Å²) in [5.41, 5.74) is 3.34. The second-order valence-electron chi connectivity index (χ2n) is 10.1. The molecule has 36 heavy (non-hydrogen) atoms. The van der Waals surface area contributed by atoms with Crippen molar-refractivity contribution in [1.82, 2.24) is 9.80 Å². The predicted octanol–water partition coefficient (Wildman–Crippen LogP) is 6.67. The lowest BCUT2D eigenvalue weighted by molar-refractivity contribution is 0.0779. The number of hydrogen-bond donors (Lipinski definition) is 0. The van der Waals surface area contributed by atoms with Gasteiger partial charge in [-0.1, -0.05) is 65.7 Å². The molecule has 4 nitrogen and oxygen atoms in total. The molecule has 3 aromatic rings. The predicted molar refractivity (Wildman–Crippen MR) is 147 cm³/mol. The summed E-state index contributed by atoms with van der Waals surface area (Å²) < 4.78 is 6.03. The van der Waals surface area contributed by atoms with E-state index in [0.29, 0.717) is 22.2 Å². The van der Waals surface area contributed by atoms with Gasteiger partial charge in [0, 0.05) is 36.1 Å². The summed E-state index contributed by atoms with van der Waals surface area (Å²) >= 11 is 12.6. The Morgan fingerprint density at radius 3 is 2.47 bits per heavy atom. The molecule has 188 valence electrons. The number of halogens is 2. The zero-order valence-corrected chi connectivity index (χ0v) is 22.1. The Morgan fingerprint density at radius 1 is 1.00 bits per heavy atom. The smallest absolute Gasteiger partial charge is 0.253 e. The molecule has 0 N–H and O–H groups in total. The Balaban J connectivity index is 1.25. The van der Waals surface area contributed by atoms with E-state index in [2.05, 4.69) is 29.2 Å². The average molecular weight is 524 g/mol. The number of ether oxygens (including phenoxy) is 1. The van der Waals surface area contributed by atoms with Gasteiger partial charge in [-0.15, -0.1) is 0 Å². The van der Waals surface area contributed by atoms with Crippen molar-refractivity contribution >= 4 is 29.1 Å². The first-order chi connectivity index (χ1) is 17.4. The fourth-order valence-corrected chi connectivity index (χ4v) is 5.93. The van der Waals surface area contributed by atoms with Gasteiger partial charge in [-0.3, -0.25) is 4.79 Å². The van der Waals surface area contributed by atoms with Crippen LogP contribution in [-0.2, 0) is 5.41 Å². The highest BCUT2D eigenvalue weighted by Gasteiger charge is 2.42. The fraction of sp³-hybridized carbons (Fsp3) is 0.367. The second kappa shape index (κ2) is 10.8. The van der Waals surface area contributed by atoms with E-state index in [1.807, 2.05) is 60.5 Å². The molecule has 0 aromatic heterocycles. The number of rotatable bonds is 7. The number of hydrogen-bond acceptors (Lipinski definition) is 3. The quantitative estimate of drug-likeness (QED) is 0.347. The number of benzene rings is 3. The van der Waals surface area contributed by atoms with Gasteiger partial charge in [-0.05, 0) is 74.8 Å². The van der Waals surface area contributed by atoms with Crippen LogP contribution in [0.25, 0.3) is 0 Å². The Morgan fingerprint density at radius 2 is 1.72 bits per heavy atom. The minimum Gasteiger partial charge on any atom is -0.492 e. The van der Waals surface area contributed by atoms with Gasteiger partial charge < -0.3 is 14.5 Å². The lowest BCUT2D eigenvalue weighted by atomic mass is 9.74. The third kappa shape index (κ3) is 5.27. The van der Waals surface area contributed by atoms with Gasteiger partial charge in [0.05, 0.1) is 16.7 Å². The number of carbonyl (C=O) groups is 1. The molecule has 0 saturated carbocycles. The summed E-state index contributed by atoms with van der Waals surface area (Å²) in [4.78, 5) is 17.4. The maximum atomic E-state index is 13.0. The maximum Gasteiger partial charge on any atom is 0.253 e. The highest BCUT2D eigenvalue weighted by atomic mass is 35.5. The van der Waals surface area contributed by atoms with Crippen molar-refractivity contribution in [3.63, 3.8) is 0 Å². The molecule has 1 fully saturated rings. The standard InChI is InChI=1S/C30H32Cl2N2O2/c1-33(29(35)22-7-3-2-4-8-22)20-24(23-11-12-26(31)27(32)19-23)13-16-34-17-14-30(15-18-34)21-36-28-10-6-5-9-25(28)30/h2-12,19,24H,13-18,20-21H2,1H3. The van der Waals surface area contributed by atoms with E-state index in [0.717, 1.165) is 56.8 Å². The molecule has 0 radical (unpaired) electrons. The van der Waals surface area contributed by atoms with Crippen LogP contribution in [0.2, 0.25) is 10.0 Å². The van der Waals surface area contributed by atoms with Crippen molar-refractivity contribution < 1.29 is 9.53 Å². The summed E-state index contributed by atoms with van der Waals surface area (Å²) in [6.45, 7) is 4.47. The summed E-state index contributed by atoms with van der Waals surface area (Å²) in [6.07, 6.45) is 3.14. The van der Waals surface area contributed by atoms with Gasteiger partial charge in [0.15, 0.2) is 0 Å². The molecule has 0 bridgehead atoms. The van der Waals surface area contributed by atoms with Crippen molar-refractivity contribution in [2.45, 2.75) is 30.6 Å². The number of piperidine rings is 1. The maximum absolute atomic E-state index is 13.0. The van der Waals surface area contributed by atoms with Crippen LogP contribution in [0.15, 0.2) is 72.8 Å². The monoisotopic (exact) mass is 522 g/mol. The molecule has 2 aliphatic rings. The van der Waals surface area contributed by atoms with E-state index >= 15 is 0 Å². The number of likely N-dealkylation sites (tertiary alicyclic amines) is 1. The Labute approximate surface area is 223 Å². The summed E-state index contributed by atoms with van der Waals surface area (Å²) in [5.74, 6) is 1.24. The number of para-hydroxylation sites is 1. The molecule has 0 aliphatic carbocycles. The molecule has 3 aromatic carbocycles. The topological polar surface area (TPSA) is 32.8 Å². The number of nitrogens with zero attached hydrogens (tertiary/aromatic N) is 2. The van der Waals surface area contributed by atoms with Crippen LogP contribution < -0.4 is 4.74 Å². The summed E-state index contributed by atoms with van der Waals surface area (Å²) in [5, 5.41) is 1.10. The number of amides is 1. The van der Waals surface area contributed by atoms with Crippen LogP contribution in [0.1, 0.15) is 46.7 Å². The van der Waals surface area contributed by atoms with Crippen molar-refractivity contribution in [2.24, 2.45) is 0 Å². The molecular weight excluding hydrogens is 491 g/mol. The molecule has 2 aliphatic heterocycles. The Hall–Kier alpha value is -2.53. The minimum absolute atomic E-state index is 0.0282. The fourth-order valence-electron chi connectivity index (χ4n) is 5.63. The van der Waals surface area contributed by atoms with Gasteiger partial charge in [-0.2, -0.15) is 0 Å². The lowest BCUT2D eigenvalue weighted by Gasteiger charge is -2.39. The molecule has 1 amide bonds. The lowest BCUT2D eigenvalue weighted by Crippen LogP contribution is -2.44. The van der Waals surface area contributed by atoms with Crippen LogP contribution in [0.4, 0.5) is 0 Å². The summed E-state index contributed by atoms with van der Waals surface area (Å²) in [7, 11) is 1.88. The summed E-state index contributed by atoms with van der Waals surface area (Å²) in [6, 6.07) is 23.8. The van der Waals surface area contributed by atoms with Crippen molar-refractivity contribution in [3.05, 3.63) is 99.5 Å². The Bertz CT molecular complexity index is 1210. The van der Waals surface area contributed by atoms with E-state index in [4.69, 9.17) is 27.9 Å². The van der Waals surface area contributed by atoms with Crippen LogP contribution in [-0.4, -0.2) is 55.5 Å². The molecule has 2 heterocycles. The van der Waals surface area contributed by atoms with Gasteiger partial charge in [0.2, 0.25) is 0 Å². The van der Waals surface area contributed by atoms with Gasteiger partial charge in [-0.25, -0.2) is 0 Å². The van der Waals surface area contributed by atoms with Gasteiger partial charge >= 0.3 is 0 Å². The second-order valence-corrected chi connectivity index (χ2v) is 10.9. The largest absolute Gasteiger partial charge is 0.492 e. The van der Waals surface area contributed by atoms with Crippen molar-refractivity contribution in [3.8, 4) is 5.75 Å². The van der Waals surface area contributed by atoms with Crippen LogP contribution in [0.3, 0.4) is 0 Å². The average Bonchev–Trinajstić information content (AvgIpc) is 3.27. The molecule has 1 unspecified atom stereocenters. The van der Waals surface area contributed by atoms with Crippen LogP contribution >= 0.6 is 23.2 Å². The van der Waals surface area contributed by atoms with Crippen molar-refractivity contribution in [2.75, 3.05) is 39.8 Å². The Kier molecular flexibility index (Phi) is 7.57. The SMILES string of the molecule is CN(CC(CCN1CCC2(CC1)COc1ccccc12)c1ccc(Cl)c(Cl)c1)C(=O)c1ccccc1. The van der Waals surface area contributed by atoms with Crippen molar-refractivity contribution in [1.29, 1.82) is 0 Å². The van der Waals surface area contributed by atoms with E-state index in [9.17, 15) is 4.79 Å². The zero-order valence-electron chi connectivity index (χ0n) is 20.6. The molecule has 5 rings (SSSR count). The van der Waals surface area contributed by atoms with Gasteiger partial charge in [0.1, 0.15) is 5.75 Å². The normalized spacial score (nSPS) is 17.4. The van der Waals surface area contributed by atoms with E-state index in [1.165, 1.54) is 5.56 Å². The number of fused-ring (bicyclic) bond motifs is 2. The zero-order chi connectivity index (χ0) is 25.1. The molecule has 6 heteroatoms. The minimum atomic E-state index is 0.0282. The molecular formula is C30H32Cl2N2O2. The first kappa shape index (κ1) is 25.1. The third-order valence-electron chi connectivity index (χ3n) is 7.85. The number of carbonyl (C=O) groups excluding carboxylic acids is 1. The first-order valence-electron chi connectivity index (χ1n) is 12.7. The highest BCUT2D eigenvalue weighted by molar-refractivity contribution is 6.42. The number of likely N-dealkylation sites (N-methyl/N-ethyl adjacent to an activating group) is 1. The van der Waals surface area contributed by atoms with Gasteiger partial charge in [0.25, 0.3) is 5.91 Å². The van der Waals surface area contributed by atoms with E-state index in [-0.39, 0.29) is 17.2 Å². The third-order valence-corrected chi connectivity index (χ3v) is 8.59.